The Bertz CT molecular complexity index is 422. The Morgan fingerprint density at radius 2 is 2.06 bits per heavy atom. The van der Waals surface area contributed by atoms with Gasteiger partial charge in [0.2, 0.25) is 0 Å². The molecule has 0 spiro atoms. The lowest BCUT2D eigenvalue weighted by atomic mass is 10.1. The summed E-state index contributed by atoms with van der Waals surface area (Å²) in [6, 6.07) is 0.545. The van der Waals surface area contributed by atoms with Crippen LogP contribution in [0.2, 0.25) is 0 Å². The van der Waals surface area contributed by atoms with Gasteiger partial charge in [-0.15, -0.1) is 0 Å². The lowest BCUT2D eigenvalue weighted by Gasteiger charge is -2.18. The molecule has 0 radical (unpaired) electrons. The minimum atomic E-state index is -2.92. The van der Waals surface area contributed by atoms with Crippen molar-refractivity contribution < 1.29 is 8.42 Å². The molecule has 0 heterocycles. The Kier molecular flexibility index (Phi) is 3.10. The molecule has 2 N–H and O–H groups in total. The number of sulfone groups is 1. The van der Waals surface area contributed by atoms with Gasteiger partial charge in [-0.1, -0.05) is 0 Å². The van der Waals surface area contributed by atoms with Crippen LogP contribution in [-0.2, 0) is 9.84 Å². The van der Waals surface area contributed by atoms with Crippen LogP contribution >= 0.6 is 0 Å². The lowest BCUT2D eigenvalue weighted by Crippen LogP contribution is -2.36. The van der Waals surface area contributed by atoms with Crippen molar-refractivity contribution in [2.75, 3.05) is 25.6 Å². The van der Waals surface area contributed by atoms with E-state index in [1.54, 1.807) is 0 Å². The predicted molar refractivity (Wildman–Crippen MR) is 68.7 cm³/mol. The molecule has 0 atom stereocenters. The molecule has 0 amide bonds. The summed E-state index contributed by atoms with van der Waals surface area (Å²) < 4.78 is 22.6. The van der Waals surface area contributed by atoms with E-state index in [1.807, 2.05) is 11.9 Å². The van der Waals surface area contributed by atoms with Crippen LogP contribution in [0.25, 0.3) is 0 Å². The molecule has 2 saturated carbocycles. The fourth-order valence-corrected chi connectivity index (χ4v) is 3.58. The number of hydrogen-bond acceptors (Lipinski definition) is 3. The van der Waals surface area contributed by atoms with Crippen molar-refractivity contribution in [2.24, 2.45) is 16.1 Å². The van der Waals surface area contributed by atoms with Gasteiger partial charge in [0.25, 0.3) is 0 Å². The van der Waals surface area contributed by atoms with Crippen LogP contribution in [0.15, 0.2) is 4.99 Å². The zero-order valence-corrected chi connectivity index (χ0v) is 11.3. The highest BCUT2D eigenvalue weighted by Gasteiger charge is 2.45. The van der Waals surface area contributed by atoms with E-state index in [0.717, 1.165) is 12.8 Å². The molecule has 2 fully saturated rings. The smallest absolute Gasteiger partial charge is 0.191 e. The normalized spacial score (nSPS) is 23.5. The van der Waals surface area contributed by atoms with Gasteiger partial charge in [-0.25, -0.2) is 8.42 Å². The molecule has 0 unspecified atom stereocenters. The summed E-state index contributed by atoms with van der Waals surface area (Å²) in [6.07, 6.45) is 5.55. The first kappa shape index (κ1) is 12.7. The van der Waals surface area contributed by atoms with Crippen LogP contribution in [0.5, 0.6) is 0 Å². The highest BCUT2D eigenvalue weighted by Crippen LogP contribution is 2.46. The molecule has 0 saturated heterocycles. The van der Waals surface area contributed by atoms with Crippen LogP contribution in [0.1, 0.15) is 25.7 Å². The molecular formula is C11H21N3O2S. The third kappa shape index (κ3) is 3.59. The summed E-state index contributed by atoms with van der Waals surface area (Å²) >= 11 is 0. The van der Waals surface area contributed by atoms with E-state index in [0.29, 0.717) is 18.5 Å². The summed E-state index contributed by atoms with van der Waals surface area (Å²) in [7, 11) is -0.964. The van der Waals surface area contributed by atoms with Crippen molar-refractivity contribution in [2.45, 2.75) is 31.7 Å². The van der Waals surface area contributed by atoms with Gasteiger partial charge in [-0.3, -0.25) is 4.99 Å². The van der Waals surface area contributed by atoms with E-state index in [-0.39, 0.29) is 11.2 Å². The molecule has 98 valence electrons. The summed E-state index contributed by atoms with van der Waals surface area (Å²) in [5.74, 6) is 0.788. The predicted octanol–water partition coefficient (Wildman–Crippen LogP) is 0.220. The van der Waals surface area contributed by atoms with Crippen molar-refractivity contribution in [3.05, 3.63) is 0 Å². The Hall–Kier alpha value is -0.780. The Balaban J connectivity index is 1.90. The molecule has 0 aliphatic heterocycles. The van der Waals surface area contributed by atoms with Crippen LogP contribution < -0.4 is 5.73 Å². The number of rotatable bonds is 5. The van der Waals surface area contributed by atoms with Crippen LogP contribution in [-0.4, -0.2) is 50.9 Å². The third-order valence-electron chi connectivity index (χ3n) is 3.56. The average Bonchev–Trinajstić information content (AvgIpc) is 3.05. The van der Waals surface area contributed by atoms with Gasteiger partial charge in [0.15, 0.2) is 5.96 Å². The maximum Gasteiger partial charge on any atom is 0.191 e. The topological polar surface area (TPSA) is 75.8 Å². The van der Waals surface area contributed by atoms with E-state index >= 15 is 0 Å². The van der Waals surface area contributed by atoms with E-state index in [2.05, 4.69) is 4.99 Å². The van der Waals surface area contributed by atoms with Crippen molar-refractivity contribution >= 4 is 15.8 Å². The number of nitrogens with two attached hydrogens (primary N) is 1. The van der Waals surface area contributed by atoms with E-state index in [4.69, 9.17) is 5.73 Å². The molecule has 0 aromatic carbocycles. The van der Waals surface area contributed by atoms with Crippen molar-refractivity contribution in [1.82, 2.24) is 4.90 Å². The monoisotopic (exact) mass is 259 g/mol. The molecule has 5 nitrogen and oxygen atoms in total. The first-order valence-electron chi connectivity index (χ1n) is 6.02. The highest BCUT2D eigenvalue weighted by molar-refractivity contribution is 7.90. The SMILES string of the molecule is CN(C(N)=NCC1(CS(C)(=O)=O)CC1)C1CC1. The summed E-state index contributed by atoms with van der Waals surface area (Å²) in [6.45, 7) is 0.545. The van der Waals surface area contributed by atoms with Crippen LogP contribution in [0.4, 0.5) is 0 Å². The van der Waals surface area contributed by atoms with Gasteiger partial charge in [0, 0.05) is 31.3 Å². The molecule has 0 bridgehead atoms. The molecule has 6 heteroatoms. The second kappa shape index (κ2) is 4.15. The second-order valence-corrected chi connectivity index (χ2v) is 7.73. The quantitative estimate of drug-likeness (QED) is 0.566. The zero-order chi connectivity index (χ0) is 12.7. The number of hydrogen-bond donors (Lipinski definition) is 1. The van der Waals surface area contributed by atoms with Gasteiger partial charge >= 0.3 is 0 Å². The molecule has 0 aromatic heterocycles. The molecule has 2 rings (SSSR count). The first-order valence-corrected chi connectivity index (χ1v) is 8.08. The molecule has 2 aliphatic rings. The molecule has 2 aliphatic carbocycles. The van der Waals surface area contributed by atoms with E-state index in [1.165, 1.54) is 19.1 Å². The van der Waals surface area contributed by atoms with Crippen LogP contribution in [0.3, 0.4) is 0 Å². The summed E-state index contributed by atoms with van der Waals surface area (Å²) in [5, 5.41) is 0. The van der Waals surface area contributed by atoms with Crippen molar-refractivity contribution in [3.63, 3.8) is 0 Å². The number of nitrogens with zero attached hydrogens (tertiary/aromatic N) is 2. The Morgan fingerprint density at radius 1 is 1.47 bits per heavy atom. The van der Waals surface area contributed by atoms with Gasteiger partial charge < -0.3 is 10.6 Å². The second-order valence-electron chi connectivity index (χ2n) is 5.59. The number of guanidine groups is 1. The maximum atomic E-state index is 11.3. The minimum absolute atomic E-state index is 0.122. The standard InChI is InChI=1S/C11H21N3O2S/c1-14(9-3-4-9)10(12)13-7-11(5-6-11)8-17(2,15)16/h9H,3-8H2,1-2H3,(H2,12,13). The third-order valence-corrected chi connectivity index (χ3v) is 4.69. The van der Waals surface area contributed by atoms with Gasteiger partial charge in [-0.05, 0) is 25.7 Å². The van der Waals surface area contributed by atoms with E-state index < -0.39 is 9.84 Å². The van der Waals surface area contributed by atoms with Gasteiger partial charge in [0.05, 0.1) is 5.75 Å². The molecule has 17 heavy (non-hydrogen) atoms. The van der Waals surface area contributed by atoms with Crippen molar-refractivity contribution in [3.8, 4) is 0 Å². The van der Waals surface area contributed by atoms with E-state index in [9.17, 15) is 8.42 Å². The van der Waals surface area contributed by atoms with Gasteiger partial charge in [0.1, 0.15) is 9.84 Å². The molecule has 0 aromatic rings. The number of aliphatic imine (C=N–C) groups is 1. The Morgan fingerprint density at radius 3 is 2.47 bits per heavy atom. The fraction of sp³-hybridized carbons (Fsp3) is 0.909. The Labute approximate surface area is 103 Å². The lowest BCUT2D eigenvalue weighted by molar-refractivity contribution is 0.480. The average molecular weight is 259 g/mol. The zero-order valence-electron chi connectivity index (χ0n) is 10.5. The van der Waals surface area contributed by atoms with Crippen molar-refractivity contribution in [1.29, 1.82) is 0 Å². The minimum Gasteiger partial charge on any atom is -0.370 e. The fourth-order valence-electron chi connectivity index (χ4n) is 2.09. The summed E-state index contributed by atoms with van der Waals surface area (Å²) in [4.78, 5) is 6.36. The van der Waals surface area contributed by atoms with Crippen LogP contribution in [0, 0.1) is 5.41 Å². The highest BCUT2D eigenvalue weighted by atomic mass is 32.2. The maximum absolute atomic E-state index is 11.3. The summed E-state index contributed by atoms with van der Waals surface area (Å²) in [5.41, 5.74) is 5.76. The molecular weight excluding hydrogens is 238 g/mol. The van der Waals surface area contributed by atoms with Gasteiger partial charge in [-0.2, -0.15) is 0 Å². The largest absolute Gasteiger partial charge is 0.370 e. The first-order chi connectivity index (χ1) is 7.81.